The van der Waals surface area contributed by atoms with E-state index in [1.807, 2.05) is 6.20 Å². The summed E-state index contributed by atoms with van der Waals surface area (Å²) in [7, 11) is 0. The van der Waals surface area contributed by atoms with Gasteiger partial charge in [0.25, 0.3) is 0 Å². The molecule has 1 aromatic heterocycles. The number of aromatic nitrogens is 2. The Balaban J connectivity index is 1.43. The van der Waals surface area contributed by atoms with Crippen molar-refractivity contribution in [1.29, 1.82) is 0 Å². The molecule has 1 saturated carbocycles. The molecule has 2 fully saturated rings. The summed E-state index contributed by atoms with van der Waals surface area (Å²) in [5, 5.41) is 1.13. The summed E-state index contributed by atoms with van der Waals surface area (Å²) in [6.45, 7) is 4.67. The number of anilines is 1. The lowest BCUT2D eigenvalue weighted by molar-refractivity contribution is 0.148. The fraction of sp³-hybridized carbons (Fsp3) is 0.556. The Bertz CT molecular complexity index is 628. The standard InChI is InChI=1S/C18H24N4/c1-2-4-16(5-3-1)21-8-10-22(11-9-21)17-6-7-18-15(12-17)13-19-14-20-18/h6-7,12-14,16H,1-5,8-11H2. The van der Waals surface area contributed by atoms with E-state index < -0.39 is 0 Å². The number of benzene rings is 1. The molecule has 0 amide bonds. The van der Waals surface area contributed by atoms with Crippen LogP contribution in [0.1, 0.15) is 32.1 Å². The van der Waals surface area contributed by atoms with Crippen LogP contribution < -0.4 is 4.90 Å². The molecule has 1 aromatic carbocycles. The highest BCUT2D eigenvalue weighted by Crippen LogP contribution is 2.26. The first-order chi connectivity index (χ1) is 10.9. The van der Waals surface area contributed by atoms with Crippen LogP contribution in [0, 0.1) is 0 Å². The van der Waals surface area contributed by atoms with Gasteiger partial charge in [-0.1, -0.05) is 19.3 Å². The average Bonchev–Trinajstić information content (AvgIpc) is 2.62. The highest BCUT2D eigenvalue weighted by atomic mass is 15.3. The van der Waals surface area contributed by atoms with Crippen LogP contribution in [0.2, 0.25) is 0 Å². The fourth-order valence-electron chi connectivity index (χ4n) is 3.96. The Kier molecular flexibility index (Phi) is 3.94. The molecule has 0 atom stereocenters. The SMILES string of the molecule is c1ncc2cc(N3CCN(C4CCCCC4)CC3)ccc2n1. The summed E-state index contributed by atoms with van der Waals surface area (Å²) in [6.07, 6.45) is 10.6. The van der Waals surface area contributed by atoms with Crippen molar-refractivity contribution >= 4 is 16.6 Å². The largest absolute Gasteiger partial charge is 0.369 e. The Morgan fingerprint density at radius 2 is 1.77 bits per heavy atom. The molecule has 1 aliphatic carbocycles. The zero-order chi connectivity index (χ0) is 14.8. The van der Waals surface area contributed by atoms with Gasteiger partial charge < -0.3 is 4.90 Å². The van der Waals surface area contributed by atoms with Crippen molar-refractivity contribution in [1.82, 2.24) is 14.9 Å². The van der Waals surface area contributed by atoms with Crippen LogP contribution in [0.15, 0.2) is 30.7 Å². The summed E-state index contributed by atoms with van der Waals surface area (Å²) >= 11 is 0. The average molecular weight is 296 g/mol. The third kappa shape index (κ3) is 2.80. The number of hydrogen-bond acceptors (Lipinski definition) is 4. The first kappa shape index (κ1) is 13.9. The van der Waals surface area contributed by atoms with Crippen LogP contribution in [-0.4, -0.2) is 47.1 Å². The van der Waals surface area contributed by atoms with Crippen LogP contribution >= 0.6 is 0 Å². The number of piperazine rings is 1. The quantitative estimate of drug-likeness (QED) is 0.852. The second kappa shape index (κ2) is 6.21. The topological polar surface area (TPSA) is 32.3 Å². The van der Waals surface area contributed by atoms with E-state index in [1.165, 1.54) is 50.9 Å². The molecule has 0 N–H and O–H groups in total. The minimum Gasteiger partial charge on any atom is -0.369 e. The van der Waals surface area contributed by atoms with E-state index in [-0.39, 0.29) is 0 Å². The highest BCUT2D eigenvalue weighted by molar-refractivity contribution is 5.81. The fourth-order valence-corrected chi connectivity index (χ4v) is 3.96. The van der Waals surface area contributed by atoms with Gasteiger partial charge in [-0.2, -0.15) is 0 Å². The highest BCUT2D eigenvalue weighted by Gasteiger charge is 2.25. The summed E-state index contributed by atoms with van der Waals surface area (Å²) in [5.74, 6) is 0. The molecule has 0 unspecified atom stereocenters. The van der Waals surface area contributed by atoms with Gasteiger partial charge >= 0.3 is 0 Å². The number of hydrogen-bond donors (Lipinski definition) is 0. The summed E-state index contributed by atoms with van der Waals surface area (Å²) in [4.78, 5) is 13.7. The molecule has 116 valence electrons. The molecular weight excluding hydrogens is 272 g/mol. The summed E-state index contributed by atoms with van der Waals surface area (Å²) in [5.41, 5.74) is 2.34. The van der Waals surface area contributed by atoms with Crippen molar-refractivity contribution in [3.8, 4) is 0 Å². The van der Waals surface area contributed by atoms with Gasteiger partial charge in [-0.15, -0.1) is 0 Å². The van der Waals surface area contributed by atoms with Crippen LogP contribution in [0.3, 0.4) is 0 Å². The van der Waals surface area contributed by atoms with Crippen molar-refractivity contribution in [3.05, 3.63) is 30.7 Å². The van der Waals surface area contributed by atoms with Crippen molar-refractivity contribution in [3.63, 3.8) is 0 Å². The number of nitrogens with zero attached hydrogens (tertiary/aromatic N) is 4. The van der Waals surface area contributed by atoms with E-state index in [0.29, 0.717) is 0 Å². The van der Waals surface area contributed by atoms with Gasteiger partial charge in [0.2, 0.25) is 0 Å². The maximum atomic E-state index is 4.30. The lowest BCUT2D eigenvalue weighted by Gasteiger charge is -2.41. The van der Waals surface area contributed by atoms with Crippen molar-refractivity contribution in [2.75, 3.05) is 31.1 Å². The van der Waals surface area contributed by atoms with Crippen molar-refractivity contribution < 1.29 is 0 Å². The smallest absolute Gasteiger partial charge is 0.116 e. The second-order valence-corrected chi connectivity index (χ2v) is 6.58. The van der Waals surface area contributed by atoms with E-state index in [1.54, 1.807) is 6.33 Å². The molecule has 1 aliphatic heterocycles. The summed E-state index contributed by atoms with van der Waals surface area (Å²) in [6, 6.07) is 7.39. The zero-order valence-electron chi connectivity index (χ0n) is 13.1. The predicted octanol–water partition coefficient (Wildman–Crippen LogP) is 3.08. The van der Waals surface area contributed by atoms with Crippen molar-refractivity contribution in [2.24, 2.45) is 0 Å². The number of rotatable bonds is 2. The van der Waals surface area contributed by atoms with Crippen LogP contribution in [0.5, 0.6) is 0 Å². The molecule has 0 bridgehead atoms. The monoisotopic (exact) mass is 296 g/mol. The molecule has 0 radical (unpaired) electrons. The molecule has 2 aromatic rings. The Morgan fingerprint density at radius 3 is 2.59 bits per heavy atom. The van der Waals surface area contributed by atoms with E-state index in [2.05, 4.69) is 38.0 Å². The van der Waals surface area contributed by atoms with Gasteiger partial charge in [0.1, 0.15) is 6.33 Å². The zero-order valence-corrected chi connectivity index (χ0v) is 13.1. The Hall–Kier alpha value is -1.68. The van der Waals surface area contributed by atoms with Crippen molar-refractivity contribution in [2.45, 2.75) is 38.1 Å². The molecule has 2 heterocycles. The van der Waals surface area contributed by atoms with Crippen LogP contribution in [0.25, 0.3) is 10.9 Å². The Morgan fingerprint density at radius 1 is 0.955 bits per heavy atom. The molecule has 4 heteroatoms. The molecule has 2 aliphatic rings. The lowest BCUT2D eigenvalue weighted by Crippen LogP contribution is -2.50. The molecular formula is C18H24N4. The minimum absolute atomic E-state index is 0.848. The van der Waals surface area contributed by atoms with Crippen LogP contribution in [0.4, 0.5) is 5.69 Å². The van der Waals surface area contributed by atoms with Crippen LogP contribution in [-0.2, 0) is 0 Å². The molecule has 0 spiro atoms. The summed E-state index contributed by atoms with van der Waals surface area (Å²) < 4.78 is 0. The van der Waals surface area contributed by atoms with E-state index >= 15 is 0 Å². The third-order valence-electron chi connectivity index (χ3n) is 5.26. The van der Waals surface area contributed by atoms with Gasteiger partial charge in [0.05, 0.1) is 5.52 Å². The normalized spacial score (nSPS) is 21.4. The molecule has 22 heavy (non-hydrogen) atoms. The number of fused-ring (bicyclic) bond motifs is 1. The van der Waals surface area contributed by atoms with E-state index in [9.17, 15) is 0 Å². The lowest BCUT2D eigenvalue weighted by atomic mass is 9.94. The maximum Gasteiger partial charge on any atom is 0.116 e. The van der Waals surface area contributed by atoms with Gasteiger partial charge in [0.15, 0.2) is 0 Å². The van der Waals surface area contributed by atoms with Gasteiger partial charge in [-0.25, -0.2) is 9.97 Å². The van der Waals surface area contributed by atoms with E-state index in [4.69, 9.17) is 0 Å². The van der Waals surface area contributed by atoms with Gasteiger partial charge in [0, 0.05) is 49.5 Å². The predicted molar refractivity (Wildman–Crippen MR) is 90.2 cm³/mol. The first-order valence-electron chi connectivity index (χ1n) is 8.59. The Labute approximate surface area is 132 Å². The van der Waals surface area contributed by atoms with E-state index in [0.717, 1.165) is 30.0 Å². The van der Waals surface area contributed by atoms with Gasteiger partial charge in [-0.3, -0.25) is 4.90 Å². The maximum absolute atomic E-state index is 4.30. The molecule has 4 nitrogen and oxygen atoms in total. The minimum atomic E-state index is 0.848. The third-order valence-corrected chi connectivity index (χ3v) is 5.26. The molecule has 4 rings (SSSR count). The second-order valence-electron chi connectivity index (χ2n) is 6.58. The molecule has 1 saturated heterocycles. The van der Waals surface area contributed by atoms with Gasteiger partial charge in [-0.05, 0) is 31.0 Å². The first-order valence-corrected chi connectivity index (χ1v) is 8.59.